The Morgan fingerprint density at radius 2 is 2.17 bits per heavy atom. The summed E-state index contributed by atoms with van der Waals surface area (Å²) in [6.45, 7) is 8.91. The quantitative estimate of drug-likeness (QED) is 0.496. The van der Waals surface area contributed by atoms with E-state index in [1.54, 1.807) is 0 Å². The molecule has 18 heavy (non-hydrogen) atoms. The van der Waals surface area contributed by atoms with Gasteiger partial charge < -0.3 is 19.5 Å². The van der Waals surface area contributed by atoms with Crippen LogP contribution < -0.4 is 5.32 Å². The molecule has 0 bridgehead atoms. The van der Waals surface area contributed by atoms with E-state index in [1.165, 1.54) is 0 Å². The molecule has 1 aliphatic heterocycles. The highest BCUT2D eigenvalue weighted by molar-refractivity contribution is 5.80. The zero-order valence-electron chi connectivity index (χ0n) is 11.7. The number of carbonyl (C=O) groups is 1. The summed E-state index contributed by atoms with van der Waals surface area (Å²) in [4.78, 5) is 11.9. The Morgan fingerprint density at radius 1 is 1.44 bits per heavy atom. The number of nitrogens with one attached hydrogen (secondary N) is 1. The van der Waals surface area contributed by atoms with Gasteiger partial charge in [0.2, 0.25) is 0 Å². The van der Waals surface area contributed by atoms with Gasteiger partial charge in [-0.05, 0) is 33.2 Å². The molecule has 1 aliphatic rings. The molecular weight excluding hydrogens is 234 g/mol. The lowest BCUT2D eigenvalue weighted by Gasteiger charge is -2.29. The van der Waals surface area contributed by atoms with Crippen LogP contribution in [-0.4, -0.2) is 50.6 Å². The summed E-state index contributed by atoms with van der Waals surface area (Å²) in [6.07, 6.45) is 1.80. The van der Waals surface area contributed by atoms with Crippen molar-refractivity contribution in [3.8, 4) is 0 Å². The van der Waals surface area contributed by atoms with E-state index < -0.39 is 5.54 Å². The van der Waals surface area contributed by atoms with Crippen LogP contribution in [0.1, 0.15) is 33.6 Å². The van der Waals surface area contributed by atoms with E-state index in [4.69, 9.17) is 14.2 Å². The predicted octanol–water partition coefficient (Wildman–Crippen LogP) is 1.11. The third-order valence-electron chi connectivity index (χ3n) is 3.08. The monoisotopic (exact) mass is 259 g/mol. The van der Waals surface area contributed by atoms with Crippen LogP contribution in [0.2, 0.25) is 0 Å². The van der Waals surface area contributed by atoms with Gasteiger partial charge in [0.25, 0.3) is 0 Å². The van der Waals surface area contributed by atoms with E-state index >= 15 is 0 Å². The summed E-state index contributed by atoms with van der Waals surface area (Å²) >= 11 is 0. The van der Waals surface area contributed by atoms with Crippen LogP contribution in [0.5, 0.6) is 0 Å². The van der Waals surface area contributed by atoms with Crippen molar-refractivity contribution in [2.24, 2.45) is 0 Å². The second kappa shape index (κ2) is 7.71. The van der Waals surface area contributed by atoms with Crippen molar-refractivity contribution in [2.75, 3.05) is 33.0 Å². The first-order valence-electron chi connectivity index (χ1n) is 6.74. The molecule has 1 atom stereocenters. The van der Waals surface area contributed by atoms with E-state index in [2.05, 4.69) is 5.32 Å². The smallest absolute Gasteiger partial charge is 0.326 e. The molecule has 0 amide bonds. The molecule has 0 aromatic heterocycles. The summed E-state index contributed by atoms with van der Waals surface area (Å²) in [5.41, 5.74) is -0.607. The molecule has 0 radical (unpaired) electrons. The SMILES string of the molecule is CCNC(C)(CCCOC1COC1)C(=O)OCC. The molecule has 0 aromatic carbocycles. The Kier molecular flexibility index (Phi) is 6.60. The van der Waals surface area contributed by atoms with Crippen molar-refractivity contribution in [1.82, 2.24) is 5.32 Å². The maximum atomic E-state index is 11.9. The van der Waals surface area contributed by atoms with E-state index in [9.17, 15) is 4.79 Å². The van der Waals surface area contributed by atoms with E-state index in [0.717, 1.165) is 13.0 Å². The third kappa shape index (κ3) is 4.55. The zero-order chi connectivity index (χ0) is 13.4. The van der Waals surface area contributed by atoms with Crippen LogP contribution in [-0.2, 0) is 19.0 Å². The number of ether oxygens (including phenoxy) is 3. The lowest BCUT2D eigenvalue weighted by molar-refractivity contribution is -0.151. The molecule has 5 nitrogen and oxygen atoms in total. The Hall–Kier alpha value is -0.650. The minimum absolute atomic E-state index is 0.182. The highest BCUT2D eigenvalue weighted by Gasteiger charge is 2.33. The van der Waals surface area contributed by atoms with Gasteiger partial charge >= 0.3 is 5.97 Å². The topological polar surface area (TPSA) is 56.8 Å². The molecule has 0 spiro atoms. The third-order valence-corrected chi connectivity index (χ3v) is 3.08. The lowest BCUT2D eigenvalue weighted by atomic mass is 9.96. The largest absolute Gasteiger partial charge is 0.465 e. The summed E-state index contributed by atoms with van der Waals surface area (Å²) in [5.74, 6) is -0.182. The highest BCUT2D eigenvalue weighted by Crippen LogP contribution is 2.16. The van der Waals surface area contributed by atoms with Crippen LogP contribution in [0.25, 0.3) is 0 Å². The van der Waals surface area contributed by atoms with Crippen molar-refractivity contribution in [3.63, 3.8) is 0 Å². The van der Waals surface area contributed by atoms with E-state index in [1.807, 2.05) is 20.8 Å². The molecule has 1 N–H and O–H groups in total. The van der Waals surface area contributed by atoms with Gasteiger partial charge in [-0.3, -0.25) is 4.79 Å². The van der Waals surface area contributed by atoms with Gasteiger partial charge in [-0.1, -0.05) is 6.92 Å². The Labute approximate surface area is 109 Å². The molecule has 1 heterocycles. The van der Waals surface area contributed by atoms with Crippen molar-refractivity contribution >= 4 is 5.97 Å². The van der Waals surface area contributed by atoms with Gasteiger partial charge in [-0.2, -0.15) is 0 Å². The van der Waals surface area contributed by atoms with Crippen molar-refractivity contribution in [3.05, 3.63) is 0 Å². The molecular formula is C13H25NO4. The molecule has 1 saturated heterocycles. The average Bonchev–Trinajstić information content (AvgIpc) is 2.27. The number of carbonyl (C=O) groups excluding carboxylic acids is 1. The van der Waals surface area contributed by atoms with E-state index in [-0.39, 0.29) is 12.1 Å². The number of esters is 1. The van der Waals surface area contributed by atoms with Crippen LogP contribution in [0.3, 0.4) is 0 Å². The molecule has 0 aromatic rings. The summed E-state index contributed by atoms with van der Waals surface area (Å²) < 4.78 is 15.7. The number of rotatable bonds is 9. The summed E-state index contributed by atoms with van der Waals surface area (Å²) in [7, 11) is 0. The fourth-order valence-corrected chi connectivity index (χ4v) is 1.93. The van der Waals surface area contributed by atoms with Crippen molar-refractivity contribution in [1.29, 1.82) is 0 Å². The maximum Gasteiger partial charge on any atom is 0.326 e. The zero-order valence-corrected chi connectivity index (χ0v) is 11.7. The fraction of sp³-hybridized carbons (Fsp3) is 0.923. The van der Waals surface area contributed by atoms with Crippen molar-refractivity contribution < 1.29 is 19.0 Å². The van der Waals surface area contributed by atoms with Crippen molar-refractivity contribution in [2.45, 2.75) is 45.3 Å². The summed E-state index contributed by atoms with van der Waals surface area (Å²) in [6, 6.07) is 0. The minimum Gasteiger partial charge on any atom is -0.465 e. The first-order chi connectivity index (χ1) is 8.62. The maximum absolute atomic E-state index is 11.9. The van der Waals surface area contributed by atoms with Gasteiger partial charge in [0, 0.05) is 6.61 Å². The van der Waals surface area contributed by atoms with Crippen LogP contribution >= 0.6 is 0 Å². The Bertz CT molecular complexity index is 255. The predicted molar refractivity (Wildman–Crippen MR) is 68.5 cm³/mol. The average molecular weight is 259 g/mol. The van der Waals surface area contributed by atoms with Gasteiger partial charge in [-0.25, -0.2) is 0 Å². The lowest BCUT2D eigenvalue weighted by Crippen LogP contribution is -2.50. The van der Waals surface area contributed by atoms with Gasteiger partial charge in [0.15, 0.2) is 0 Å². The molecule has 1 fully saturated rings. The number of hydrogen-bond donors (Lipinski definition) is 1. The minimum atomic E-state index is -0.607. The fourth-order valence-electron chi connectivity index (χ4n) is 1.93. The second-order valence-electron chi connectivity index (χ2n) is 4.72. The molecule has 1 unspecified atom stereocenters. The first-order valence-corrected chi connectivity index (χ1v) is 6.74. The normalized spacial score (nSPS) is 19.1. The number of hydrogen-bond acceptors (Lipinski definition) is 5. The Morgan fingerprint density at radius 3 is 2.67 bits per heavy atom. The van der Waals surface area contributed by atoms with Crippen LogP contribution in [0.4, 0.5) is 0 Å². The standard InChI is InChI=1S/C13H25NO4/c1-4-14-13(3,12(15)17-5-2)7-6-8-18-11-9-16-10-11/h11,14H,4-10H2,1-3H3. The first kappa shape index (κ1) is 15.4. The second-order valence-corrected chi connectivity index (χ2v) is 4.72. The van der Waals surface area contributed by atoms with Gasteiger partial charge in [-0.15, -0.1) is 0 Å². The van der Waals surface area contributed by atoms with Gasteiger partial charge in [0.05, 0.1) is 19.8 Å². The number of likely N-dealkylation sites (N-methyl/N-ethyl adjacent to an activating group) is 1. The molecule has 106 valence electrons. The van der Waals surface area contributed by atoms with Crippen LogP contribution in [0.15, 0.2) is 0 Å². The Balaban J connectivity index is 2.28. The van der Waals surface area contributed by atoms with E-state index in [0.29, 0.717) is 32.8 Å². The highest BCUT2D eigenvalue weighted by atomic mass is 16.6. The molecule has 1 rings (SSSR count). The van der Waals surface area contributed by atoms with Gasteiger partial charge in [0.1, 0.15) is 11.6 Å². The molecule has 0 aliphatic carbocycles. The molecule has 0 saturated carbocycles. The van der Waals surface area contributed by atoms with Crippen LogP contribution in [0, 0.1) is 0 Å². The summed E-state index contributed by atoms with van der Waals surface area (Å²) in [5, 5.41) is 3.20. The molecule has 5 heteroatoms.